The van der Waals surface area contributed by atoms with Gasteiger partial charge in [-0.25, -0.2) is 22.5 Å². The molecule has 0 radical (unpaired) electrons. The molecule has 0 unspecified atom stereocenters. The van der Waals surface area contributed by atoms with Gasteiger partial charge in [0.1, 0.15) is 23.0 Å². The molecule has 0 saturated heterocycles. The highest BCUT2D eigenvalue weighted by Gasteiger charge is 2.24. The van der Waals surface area contributed by atoms with E-state index in [0.717, 1.165) is 37.3 Å². The highest BCUT2D eigenvalue weighted by Crippen LogP contribution is 2.34. The third-order valence-electron chi connectivity index (χ3n) is 5.83. The fourth-order valence-electron chi connectivity index (χ4n) is 4.27. The summed E-state index contributed by atoms with van der Waals surface area (Å²) < 4.78 is 55.7. The van der Waals surface area contributed by atoms with Crippen LogP contribution in [0, 0.1) is 23.3 Å². The molecule has 2 aromatic heterocycles. The second-order valence-electron chi connectivity index (χ2n) is 8.07. The molecule has 1 aliphatic rings. The number of nitrogens with zero attached hydrogens (tertiary/aromatic N) is 2. The van der Waals surface area contributed by atoms with Crippen LogP contribution in [0.25, 0.3) is 11.3 Å². The number of benzene rings is 1. The number of halogens is 4. The van der Waals surface area contributed by atoms with Gasteiger partial charge in [-0.05, 0) is 60.6 Å². The zero-order chi connectivity index (χ0) is 22.8. The Balaban J connectivity index is 1.64. The molecule has 166 valence electrons. The van der Waals surface area contributed by atoms with Crippen LogP contribution in [-0.4, -0.2) is 21.8 Å². The topological polar surface area (TPSA) is 68.9 Å². The van der Waals surface area contributed by atoms with Gasteiger partial charge in [0.15, 0.2) is 17.4 Å². The summed E-state index contributed by atoms with van der Waals surface area (Å²) in [6.07, 6.45) is 6.97. The quantitative estimate of drug-likeness (QED) is 0.338. The number of aromatic nitrogens is 2. The van der Waals surface area contributed by atoms with Crippen molar-refractivity contribution >= 4 is 5.78 Å². The van der Waals surface area contributed by atoms with Crippen molar-refractivity contribution in [3.63, 3.8) is 0 Å². The lowest BCUT2D eigenvalue weighted by Gasteiger charge is -2.28. The summed E-state index contributed by atoms with van der Waals surface area (Å²) in [6, 6.07) is 5.08. The molecule has 1 aromatic carbocycles. The molecule has 1 fully saturated rings. The van der Waals surface area contributed by atoms with Crippen LogP contribution in [0.4, 0.5) is 17.6 Å². The minimum absolute atomic E-state index is 0.0486. The van der Waals surface area contributed by atoms with E-state index in [0.29, 0.717) is 17.7 Å². The normalized spacial score (nSPS) is 18.5. The van der Waals surface area contributed by atoms with Crippen LogP contribution in [0.2, 0.25) is 0 Å². The van der Waals surface area contributed by atoms with Crippen LogP contribution in [0.1, 0.15) is 53.2 Å². The van der Waals surface area contributed by atoms with Crippen molar-refractivity contribution in [3.05, 3.63) is 82.8 Å². The summed E-state index contributed by atoms with van der Waals surface area (Å²) in [4.78, 5) is 21.0. The van der Waals surface area contributed by atoms with Gasteiger partial charge in [0.25, 0.3) is 0 Å². The molecule has 0 aliphatic heterocycles. The average molecular weight is 443 g/mol. The van der Waals surface area contributed by atoms with Gasteiger partial charge in [-0.2, -0.15) is 0 Å². The maximum absolute atomic E-state index is 14.3. The number of rotatable bonds is 5. The number of carbonyl (C=O) groups is 1. The first-order valence-corrected chi connectivity index (χ1v) is 10.4. The van der Waals surface area contributed by atoms with Crippen LogP contribution in [0.15, 0.2) is 42.7 Å². The molecule has 0 bridgehead atoms. The molecular formula is C24H21F4N3O. The molecule has 0 spiro atoms. The number of hydrogen-bond donors (Lipinski definition) is 1. The van der Waals surface area contributed by atoms with E-state index in [9.17, 15) is 22.4 Å². The van der Waals surface area contributed by atoms with Crippen molar-refractivity contribution in [2.24, 2.45) is 5.73 Å². The Labute approximate surface area is 182 Å². The van der Waals surface area contributed by atoms with E-state index in [-0.39, 0.29) is 24.1 Å². The predicted molar refractivity (Wildman–Crippen MR) is 111 cm³/mol. The molecule has 8 heteroatoms. The maximum atomic E-state index is 14.3. The van der Waals surface area contributed by atoms with Gasteiger partial charge in [-0.1, -0.05) is 6.42 Å². The fourth-order valence-corrected chi connectivity index (χ4v) is 4.27. The van der Waals surface area contributed by atoms with Crippen LogP contribution in [0.5, 0.6) is 0 Å². The zero-order valence-electron chi connectivity index (χ0n) is 17.1. The number of carbonyl (C=O) groups excluding carboxylic acids is 1. The second kappa shape index (κ2) is 9.16. The minimum Gasteiger partial charge on any atom is -0.328 e. The lowest BCUT2D eigenvalue weighted by Crippen LogP contribution is -2.27. The monoisotopic (exact) mass is 443 g/mol. The molecule has 4 nitrogen and oxygen atoms in total. The van der Waals surface area contributed by atoms with Crippen molar-refractivity contribution < 1.29 is 22.4 Å². The summed E-state index contributed by atoms with van der Waals surface area (Å²) in [5.74, 6) is -5.22. The largest absolute Gasteiger partial charge is 0.328 e. The van der Waals surface area contributed by atoms with Gasteiger partial charge in [-0.3, -0.25) is 9.78 Å². The maximum Gasteiger partial charge on any atom is 0.185 e. The van der Waals surface area contributed by atoms with E-state index in [2.05, 4.69) is 9.97 Å². The lowest BCUT2D eigenvalue weighted by atomic mass is 9.80. The molecule has 4 rings (SSSR count). The predicted octanol–water partition coefficient (Wildman–Crippen LogP) is 5.11. The number of ketones is 1. The van der Waals surface area contributed by atoms with Gasteiger partial charge >= 0.3 is 0 Å². The Morgan fingerprint density at radius 1 is 1.06 bits per heavy atom. The van der Waals surface area contributed by atoms with E-state index >= 15 is 0 Å². The number of hydrogen-bond acceptors (Lipinski definition) is 4. The van der Waals surface area contributed by atoms with Gasteiger partial charge in [0, 0.05) is 36.5 Å². The smallest absolute Gasteiger partial charge is 0.185 e. The van der Waals surface area contributed by atoms with Crippen molar-refractivity contribution in [3.8, 4) is 11.3 Å². The van der Waals surface area contributed by atoms with Crippen molar-refractivity contribution in [1.82, 2.24) is 9.97 Å². The molecule has 2 heterocycles. The Hall–Kier alpha value is -3.13. The molecular weight excluding hydrogens is 422 g/mol. The zero-order valence-corrected chi connectivity index (χ0v) is 17.1. The Bertz CT molecular complexity index is 1170. The van der Waals surface area contributed by atoms with Crippen molar-refractivity contribution in [2.75, 3.05) is 0 Å². The van der Waals surface area contributed by atoms with Crippen LogP contribution < -0.4 is 5.73 Å². The standard InChI is InChI=1S/C24H21F4N3O/c25-15-10-18(23(28)20(27)11-15)24-19(26)4-5-21(31-24)22(32)9-14-12-30-7-6-17(14)13-2-1-3-16(29)8-13/h4-7,10-13,16H,1-3,8-9,29H2/t13-,16+/m1/s1. The van der Waals surface area contributed by atoms with Gasteiger partial charge in [-0.15, -0.1) is 0 Å². The summed E-state index contributed by atoms with van der Waals surface area (Å²) in [6.45, 7) is 0. The summed E-state index contributed by atoms with van der Waals surface area (Å²) in [5.41, 5.74) is 6.36. The van der Waals surface area contributed by atoms with E-state index in [4.69, 9.17) is 5.73 Å². The number of Topliss-reactive ketones (excluding diaryl/α,β-unsaturated/α-hetero) is 1. The second-order valence-corrected chi connectivity index (χ2v) is 8.07. The molecule has 2 N–H and O–H groups in total. The van der Waals surface area contributed by atoms with Crippen LogP contribution >= 0.6 is 0 Å². The van der Waals surface area contributed by atoms with Gasteiger partial charge < -0.3 is 5.73 Å². The van der Waals surface area contributed by atoms with E-state index < -0.39 is 40.3 Å². The van der Waals surface area contributed by atoms with Gasteiger partial charge in [0.2, 0.25) is 0 Å². The first-order chi connectivity index (χ1) is 15.3. The Kier molecular flexibility index (Phi) is 6.32. The lowest BCUT2D eigenvalue weighted by molar-refractivity contribution is 0.0987. The fraction of sp³-hybridized carbons (Fsp3) is 0.292. The Morgan fingerprint density at radius 3 is 2.66 bits per heavy atom. The summed E-state index contributed by atoms with van der Waals surface area (Å²) in [5, 5.41) is 0. The first kappa shape index (κ1) is 22.1. The highest BCUT2D eigenvalue weighted by molar-refractivity contribution is 5.96. The number of nitrogens with two attached hydrogens (primary N) is 1. The Morgan fingerprint density at radius 2 is 1.88 bits per heavy atom. The minimum atomic E-state index is -1.47. The third kappa shape index (κ3) is 4.55. The summed E-state index contributed by atoms with van der Waals surface area (Å²) in [7, 11) is 0. The van der Waals surface area contributed by atoms with E-state index in [1.807, 2.05) is 6.07 Å². The van der Waals surface area contributed by atoms with Crippen molar-refractivity contribution in [1.29, 1.82) is 0 Å². The third-order valence-corrected chi connectivity index (χ3v) is 5.83. The molecule has 0 amide bonds. The molecule has 1 aliphatic carbocycles. The van der Waals surface area contributed by atoms with Gasteiger partial charge in [0.05, 0.1) is 0 Å². The average Bonchev–Trinajstić information content (AvgIpc) is 2.77. The SMILES string of the molecule is N[C@H]1CCC[C@@H](c2ccncc2CC(=O)c2ccc(F)c(-c3cc(F)cc(F)c3F)n2)C1. The highest BCUT2D eigenvalue weighted by atomic mass is 19.2. The molecule has 1 saturated carbocycles. The summed E-state index contributed by atoms with van der Waals surface area (Å²) >= 11 is 0. The van der Waals surface area contributed by atoms with E-state index in [1.165, 1.54) is 6.07 Å². The first-order valence-electron chi connectivity index (χ1n) is 10.4. The van der Waals surface area contributed by atoms with Crippen LogP contribution in [0.3, 0.4) is 0 Å². The number of pyridine rings is 2. The molecule has 3 aromatic rings. The molecule has 32 heavy (non-hydrogen) atoms. The molecule has 2 atom stereocenters. The van der Waals surface area contributed by atoms with Crippen molar-refractivity contribution in [2.45, 2.75) is 44.1 Å². The van der Waals surface area contributed by atoms with E-state index in [1.54, 1.807) is 12.4 Å². The van der Waals surface area contributed by atoms with Crippen LogP contribution in [-0.2, 0) is 6.42 Å².